The molecular weight excluding hydrogens is 382 g/mol. The molecule has 0 aromatic heterocycles. The molecular formula is C24H27NO5. The highest BCUT2D eigenvalue weighted by molar-refractivity contribution is 5.86. The van der Waals surface area contributed by atoms with Gasteiger partial charge in [-0.15, -0.1) is 0 Å². The number of ether oxygens (including phenoxy) is 2. The number of hydrogen-bond donors (Lipinski definition) is 1. The van der Waals surface area contributed by atoms with Gasteiger partial charge in [-0.05, 0) is 47.9 Å². The van der Waals surface area contributed by atoms with Gasteiger partial charge in [0.1, 0.15) is 6.61 Å². The minimum Gasteiger partial charge on any atom is -0.479 e. The van der Waals surface area contributed by atoms with Crippen LogP contribution in [0.5, 0.6) is 0 Å². The number of rotatable bonds is 8. The second-order valence-electron chi connectivity index (χ2n) is 7.98. The second-order valence-corrected chi connectivity index (χ2v) is 7.98. The average molecular weight is 409 g/mol. The van der Waals surface area contributed by atoms with Gasteiger partial charge in [0.25, 0.3) is 0 Å². The molecule has 1 atom stereocenters. The zero-order valence-corrected chi connectivity index (χ0v) is 17.3. The Bertz CT molecular complexity index is 909. The number of hydrogen-bond acceptors (Lipinski definition) is 4. The topological polar surface area (TPSA) is 76.1 Å². The van der Waals surface area contributed by atoms with E-state index >= 15 is 0 Å². The highest BCUT2D eigenvalue weighted by Gasteiger charge is 2.57. The first-order valence-electron chi connectivity index (χ1n) is 10.4. The molecule has 6 nitrogen and oxygen atoms in total. The molecule has 0 radical (unpaired) electrons. The van der Waals surface area contributed by atoms with Crippen LogP contribution in [-0.4, -0.2) is 54.5 Å². The third kappa shape index (κ3) is 3.25. The lowest BCUT2D eigenvalue weighted by Gasteiger charge is -2.39. The Morgan fingerprint density at radius 2 is 1.63 bits per heavy atom. The van der Waals surface area contributed by atoms with Crippen LogP contribution in [0.1, 0.15) is 36.8 Å². The monoisotopic (exact) mass is 409 g/mol. The summed E-state index contributed by atoms with van der Waals surface area (Å²) in [4.78, 5) is 26.7. The fraction of sp³-hybridized carbons (Fsp3) is 0.417. The van der Waals surface area contributed by atoms with Gasteiger partial charge in [0.15, 0.2) is 5.54 Å². The molecule has 2 aliphatic rings. The number of aliphatic carboxylic acids is 1. The normalized spacial score (nSPS) is 17.0. The molecule has 2 aromatic carbocycles. The van der Waals surface area contributed by atoms with Gasteiger partial charge in [0.2, 0.25) is 0 Å². The van der Waals surface area contributed by atoms with Crippen LogP contribution in [0.2, 0.25) is 0 Å². The quantitative estimate of drug-likeness (QED) is 0.709. The predicted octanol–water partition coefficient (Wildman–Crippen LogP) is 4.14. The molecule has 30 heavy (non-hydrogen) atoms. The van der Waals surface area contributed by atoms with E-state index in [0.717, 1.165) is 35.1 Å². The van der Waals surface area contributed by atoms with Gasteiger partial charge in [-0.3, -0.25) is 4.90 Å². The Hall–Kier alpha value is -2.86. The van der Waals surface area contributed by atoms with E-state index in [1.807, 2.05) is 24.3 Å². The Morgan fingerprint density at radius 1 is 1.07 bits per heavy atom. The van der Waals surface area contributed by atoms with Gasteiger partial charge < -0.3 is 14.6 Å². The summed E-state index contributed by atoms with van der Waals surface area (Å²) in [7, 11) is 1.46. The molecule has 0 spiro atoms. The molecule has 2 aliphatic carbocycles. The first-order chi connectivity index (χ1) is 14.5. The molecule has 0 saturated heterocycles. The van der Waals surface area contributed by atoms with Crippen LogP contribution in [0.15, 0.2) is 48.5 Å². The fourth-order valence-electron chi connectivity index (χ4n) is 4.79. The molecule has 1 fully saturated rings. The highest BCUT2D eigenvalue weighted by atomic mass is 16.6. The Labute approximate surface area is 176 Å². The molecule has 1 N–H and O–H groups in total. The molecule has 158 valence electrons. The first-order valence-corrected chi connectivity index (χ1v) is 10.4. The van der Waals surface area contributed by atoms with Crippen molar-refractivity contribution < 1.29 is 24.2 Å². The van der Waals surface area contributed by atoms with Crippen LogP contribution in [0.4, 0.5) is 4.79 Å². The molecule has 0 bridgehead atoms. The van der Waals surface area contributed by atoms with E-state index in [0.29, 0.717) is 0 Å². The summed E-state index contributed by atoms with van der Waals surface area (Å²) < 4.78 is 11.0. The maximum atomic E-state index is 13.1. The van der Waals surface area contributed by atoms with E-state index in [2.05, 4.69) is 24.3 Å². The van der Waals surface area contributed by atoms with Crippen molar-refractivity contribution in [3.05, 3.63) is 59.7 Å². The summed E-state index contributed by atoms with van der Waals surface area (Å²) in [6.07, 6.45) is 0.928. The van der Waals surface area contributed by atoms with Crippen LogP contribution >= 0.6 is 0 Å². The molecule has 1 amide bonds. The van der Waals surface area contributed by atoms with Crippen molar-refractivity contribution in [2.75, 3.05) is 26.9 Å². The van der Waals surface area contributed by atoms with Crippen LogP contribution in [0.25, 0.3) is 11.1 Å². The van der Waals surface area contributed by atoms with E-state index in [1.165, 1.54) is 12.0 Å². The van der Waals surface area contributed by atoms with Crippen LogP contribution in [-0.2, 0) is 14.3 Å². The third-order valence-corrected chi connectivity index (χ3v) is 6.34. The molecule has 1 unspecified atom stereocenters. The van der Waals surface area contributed by atoms with Gasteiger partial charge in [0, 0.05) is 19.6 Å². The number of methoxy groups -OCH3 is 1. The van der Waals surface area contributed by atoms with Crippen molar-refractivity contribution in [2.45, 2.75) is 31.2 Å². The number of carbonyl (C=O) groups is 2. The lowest BCUT2D eigenvalue weighted by Crippen LogP contribution is -2.61. The zero-order chi connectivity index (χ0) is 21.3. The van der Waals surface area contributed by atoms with E-state index in [1.54, 1.807) is 6.92 Å². The average Bonchev–Trinajstić information content (AvgIpc) is 3.55. The zero-order valence-electron chi connectivity index (χ0n) is 17.3. The number of carboxylic acid groups (broad SMARTS) is 1. The highest BCUT2D eigenvalue weighted by Crippen LogP contribution is 2.46. The number of carboxylic acids is 1. The maximum absolute atomic E-state index is 13.1. The van der Waals surface area contributed by atoms with Gasteiger partial charge in [0.05, 0.1) is 6.61 Å². The number of nitrogens with zero attached hydrogens (tertiary/aromatic N) is 1. The van der Waals surface area contributed by atoms with Crippen LogP contribution < -0.4 is 0 Å². The molecule has 4 rings (SSSR count). The third-order valence-electron chi connectivity index (χ3n) is 6.34. The molecule has 2 aromatic rings. The van der Waals surface area contributed by atoms with Gasteiger partial charge in [-0.1, -0.05) is 48.5 Å². The van der Waals surface area contributed by atoms with E-state index in [4.69, 9.17) is 9.47 Å². The minimum absolute atomic E-state index is 0.0506. The summed E-state index contributed by atoms with van der Waals surface area (Å²) in [5, 5.41) is 10.0. The van der Waals surface area contributed by atoms with E-state index < -0.39 is 17.6 Å². The summed E-state index contributed by atoms with van der Waals surface area (Å²) in [6.45, 7) is 2.13. The van der Waals surface area contributed by atoms with Crippen molar-refractivity contribution in [1.82, 2.24) is 4.90 Å². The molecule has 6 heteroatoms. The minimum atomic E-state index is -1.38. The Kier molecular flexibility index (Phi) is 5.52. The fourth-order valence-corrected chi connectivity index (χ4v) is 4.79. The Balaban J connectivity index is 1.57. The number of amides is 1. The molecule has 0 aliphatic heterocycles. The lowest BCUT2D eigenvalue weighted by atomic mass is 9.92. The second kappa shape index (κ2) is 8.11. The van der Waals surface area contributed by atoms with Gasteiger partial charge >= 0.3 is 12.1 Å². The van der Waals surface area contributed by atoms with Crippen LogP contribution in [0.3, 0.4) is 0 Å². The number of fused-ring (bicyclic) bond motifs is 3. The van der Waals surface area contributed by atoms with Crippen molar-refractivity contribution >= 4 is 12.1 Å². The van der Waals surface area contributed by atoms with Crippen molar-refractivity contribution in [1.29, 1.82) is 0 Å². The number of benzene rings is 2. The standard InChI is InChI=1S/C24H27NO5/c1-3-25(24(15-29-2,22(26)27)16-12-13-16)23(28)30-14-21-19-10-6-4-8-17(19)18-9-5-7-11-20(18)21/h4-11,16,21H,3,12-15H2,1-2H3,(H,26,27). The predicted molar refractivity (Wildman–Crippen MR) is 112 cm³/mol. The molecule has 1 saturated carbocycles. The molecule has 0 heterocycles. The number of carbonyl (C=O) groups excluding carboxylic acids is 1. The van der Waals surface area contributed by atoms with Crippen LogP contribution in [0, 0.1) is 5.92 Å². The summed E-state index contributed by atoms with van der Waals surface area (Å²) in [5.74, 6) is -1.22. The van der Waals surface area contributed by atoms with E-state index in [9.17, 15) is 14.7 Å². The van der Waals surface area contributed by atoms with Crippen molar-refractivity contribution in [3.63, 3.8) is 0 Å². The summed E-state index contributed by atoms with van der Waals surface area (Å²) in [6, 6.07) is 16.3. The van der Waals surface area contributed by atoms with E-state index in [-0.39, 0.29) is 31.6 Å². The van der Waals surface area contributed by atoms with Gasteiger partial charge in [-0.2, -0.15) is 0 Å². The summed E-state index contributed by atoms with van der Waals surface area (Å²) in [5.41, 5.74) is 3.17. The maximum Gasteiger partial charge on any atom is 0.410 e. The lowest BCUT2D eigenvalue weighted by molar-refractivity contribution is -0.156. The van der Waals surface area contributed by atoms with Crippen molar-refractivity contribution in [2.24, 2.45) is 5.92 Å². The smallest absolute Gasteiger partial charge is 0.410 e. The summed E-state index contributed by atoms with van der Waals surface area (Å²) >= 11 is 0. The first kappa shape index (κ1) is 20.4. The SMILES string of the molecule is CCN(C(=O)OCC1c2ccccc2-c2ccccc21)C(COC)(C(=O)O)C1CC1. The van der Waals surface area contributed by atoms with Crippen molar-refractivity contribution in [3.8, 4) is 11.1 Å². The largest absolute Gasteiger partial charge is 0.479 e. The number of likely N-dealkylation sites (N-methyl/N-ethyl adjacent to an activating group) is 1. The van der Waals surface area contributed by atoms with Gasteiger partial charge in [-0.25, -0.2) is 9.59 Å². The Morgan fingerprint density at radius 3 is 2.10 bits per heavy atom.